The first kappa shape index (κ1) is 17.2. The summed E-state index contributed by atoms with van der Waals surface area (Å²) in [5.74, 6) is 0.755. The number of phenols is 1. The Balaban J connectivity index is 1.50. The van der Waals surface area contributed by atoms with Crippen molar-refractivity contribution < 1.29 is 14.6 Å². The van der Waals surface area contributed by atoms with Crippen LogP contribution in [-0.4, -0.2) is 59.2 Å². The standard InChI is InChI=1S/C19H28N2O3/c1-14-11-21(12-15(2)24-14)19(23)17-6-8-20(9-7-17)13-16-4-3-5-18(22)10-16/h3-5,10,14-15,17,22H,6-9,11-13H2,1-2H3. The third-order valence-corrected chi connectivity index (χ3v) is 4.98. The van der Waals surface area contributed by atoms with E-state index in [1.165, 1.54) is 0 Å². The lowest BCUT2D eigenvalue weighted by Crippen LogP contribution is -2.51. The van der Waals surface area contributed by atoms with Crippen LogP contribution < -0.4 is 0 Å². The van der Waals surface area contributed by atoms with Gasteiger partial charge in [0.25, 0.3) is 0 Å². The molecule has 2 aliphatic heterocycles. The summed E-state index contributed by atoms with van der Waals surface area (Å²) in [5, 5.41) is 9.57. The molecule has 1 aromatic carbocycles. The van der Waals surface area contributed by atoms with Crippen LogP contribution in [0, 0.1) is 5.92 Å². The lowest BCUT2D eigenvalue weighted by Gasteiger charge is -2.39. The largest absolute Gasteiger partial charge is 0.508 e. The highest BCUT2D eigenvalue weighted by molar-refractivity contribution is 5.79. The smallest absolute Gasteiger partial charge is 0.225 e. The van der Waals surface area contributed by atoms with Gasteiger partial charge in [0.05, 0.1) is 12.2 Å². The van der Waals surface area contributed by atoms with E-state index >= 15 is 0 Å². The number of carbonyl (C=O) groups is 1. The molecule has 1 N–H and O–H groups in total. The molecule has 2 aliphatic rings. The van der Waals surface area contributed by atoms with Crippen molar-refractivity contribution in [1.29, 1.82) is 0 Å². The van der Waals surface area contributed by atoms with Crippen LogP contribution in [0.15, 0.2) is 24.3 Å². The molecular weight excluding hydrogens is 304 g/mol. The number of aromatic hydroxyl groups is 1. The van der Waals surface area contributed by atoms with Crippen molar-refractivity contribution in [1.82, 2.24) is 9.80 Å². The van der Waals surface area contributed by atoms with E-state index in [0.29, 0.717) is 24.7 Å². The number of piperidine rings is 1. The SMILES string of the molecule is CC1CN(C(=O)C2CCN(Cc3cccc(O)c3)CC2)CC(C)O1. The van der Waals surface area contributed by atoms with E-state index in [0.717, 1.165) is 38.0 Å². The number of ether oxygens (including phenoxy) is 1. The van der Waals surface area contributed by atoms with E-state index in [9.17, 15) is 9.90 Å². The Hall–Kier alpha value is -1.59. The number of benzene rings is 1. The number of nitrogens with zero attached hydrogens (tertiary/aromatic N) is 2. The first-order valence-electron chi connectivity index (χ1n) is 8.96. The van der Waals surface area contributed by atoms with Gasteiger partial charge in [-0.15, -0.1) is 0 Å². The fourth-order valence-corrected chi connectivity index (χ4v) is 3.87. The Kier molecular flexibility index (Phi) is 5.41. The molecule has 24 heavy (non-hydrogen) atoms. The molecule has 0 spiro atoms. The van der Waals surface area contributed by atoms with E-state index in [1.54, 1.807) is 6.07 Å². The zero-order valence-electron chi connectivity index (χ0n) is 14.6. The number of phenolic OH excluding ortho intramolecular Hbond substituents is 1. The van der Waals surface area contributed by atoms with Crippen LogP contribution in [0.5, 0.6) is 5.75 Å². The third-order valence-electron chi connectivity index (χ3n) is 4.98. The molecule has 2 saturated heterocycles. The quantitative estimate of drug-likeness (QED) is 0.922. The van der Waals surface area contributed by atoms with Crippen molar-refractivity contribution >= 4 is 5.91 Å². The van der Waals surface area contributed by atoms with Gasteiger partial charge in [-0.2, -0.15) is 0 Å². The lowest BCUT2D eigenvalue weighted by molar-refractivity contribution is -0.148. The summed E-state index contributed by atoms with van der Waals surface area (Å²) in [5.41, 5.74) is 1.12. The van der Waals surface area contributed by atoms with E-state index < -0.39 is 0 Å². The van der Waals surface area contributed by atoms with Gasteiger partial charge in [-0.1, -0.05) is 12.1 Å². The Morgan fingerprint density at radius 3 is 2.50 bits per heavy atom. The minimum atomic E-state index is 0.128. The van der Waals surface area contributed by atoms with Crippen LogP contribution in [0.25, 0.3) is 0 Å². The molecule has 2 atom stereocenters. The zero-order valence-corrected chi connectivity index (χ0v) is 14.6. The van der Waals surface area contributed by atoms with Gasteiger partial charge in [-0.05, 0) is 57.5 Å². The summed E-state index contributed by atoms with van der Waals surface area (Å²) < 4.78 is 5.72. The lowest BCUT2D eigenvalue weighted by atomic mass is 9.94. The summed E-state index contributed by atoms with van der Waals surface area (Å²) in [6.07, 6.45) is 2.09. The second-order valence-electron chi connectivity index (χ2n) is 7.22. The van der Waals surface area contributed by atoms with Gasteiger partial charge in [0.15, 0.2) is 0 Å². The van der Waals surface area contributed by atoms with Gasteiger partial charge in [0.2, 0.25) is 5.91 Å². The molecule has 0 aromatic heterocycles. The van der Waals surface area contributed by atoms with Crippen LogP contribution in [0.1, 0.15) is 32.3 Å². The van der Waals surface area contributed by atoms with Crippen LogP contribution >= 0.6 is 0 Å². The van der Waals surface area contributed by atoms with E-state index in [4.69, 9.17) is 4.74 Å². The fraction of sp³-hybridized carbons (Fsp3) is 0.632. The first-order chi connectivity index (χ1) is 11.5. The van der Waals surface area contributed by atoms with Gasteiger partial charge in [0, 0.05) is 25.6 Å². The predicted octanol–water partition coefficient (Wildman–Crippen LogP) is 2.24. The van der Waals surface area contributed by atoms with Crippen molar-refractivity contribution in [2.75, 3.05) is 26.2 Å². The first-order valence-corrected chi connectivity index (χ1v) is 8.96. The maximum Gasteiger partial charge on any atom is 0.225 e. The fourth-order valence-electron chi connectivity index (χ4n) is 3.87. The second-order valence-corrected chi connectivity index (χ2v) is 7.22. The van der Waals surface area contributed by atoms with Crippen LogP contribution in [0.2, 0.25) is 0 Å². The molecule has 5 nitrogen and oxygen atoms in total. The molecule has 0 radical (unpaired) electrons. The minimum absolute atomic E-state index is 0.128. The van der Waals surface area contributed by atoms with Crippen molar-refractivity contribution in [3.8, 4) is 5.75 Å². The number of rotatable bonds is 3. The van der Waals surface area contributed by atoms with Crippen molar-refractivity contribution in [3.63, 3.8) is 0 Å². The van der Waals surface area contributed by atoms with Crippen molar-refractivity contribution in [2.45, 2.75) is 45.4 Å². The van der Waals surface area contributed by atoms with Crippen LogP contribution in [-0.2, 0) is 16.1 Å². The second kappa shape index (κ2) is 7.53. The molecule has 0 aliphatic carbocycles. The Morgan fingerprint density at radius 2 is 1.88 bits per heavy atom. The van der Waals surface area contributed by atoms with Crippen LogP contribution in [0.4, 0.5) is 0 Å². The monoisotopic (exact) mass is 332 g/mol. The normalized spacial score (nSPS) is 26.5. The molecule has 132 valence electrons. The molecule has 0 saturated carbocycles. The summed E-state index contributed by atoms with van der Waals surface area (Å²) in [6, 6.07) is 7.42. The molecule has 3 rings (SSSR count). The molecule has 5 heteroatoms. The van der Waals surface area contributed by atoms with Crippen LogP contribution in [0.3, 0.4) is 0 Å². The average Bonchev–Trinajstić information content (AvgIpc) is 2.54. The van der Waals surface area contributed by atoms with Crippen molar-refractivity contribution in [3.05, 3.63) is 29.8 Å². The number of hydrogen-bond acceptors (Lipinski definition) is 4. The maximum atomic E-state index is 12.8. The molecule has 1 amide bonds. The summed E-state index contributed by atoms with van der Waals surface area (Å²) >= 11 is 0. The third kappa shape index (κ3) is 4.28. The highest BCUT2D eigenvalue weighted by Gasteiger charge is 2.32. The van der Waals surface area contributed by atoms with Gasteiger partial charge >= 0.3 is 0 Å². The highest BCUT2D eigenvalue weighted by atomic mass is 16.5. The summed E-state index contributed by atoms with van der Waals surface area (Å²) in [6.45, 7) is 8.20. The van der Waals surface area contributed by atoms with Crippen molar-refractivity contribution in [2.24, 2.45) is 5.92 Å². The van der Waals surface area contributed by atoms with Gasteiger partial charge < -0.3 is 14.7 Å². The predicted molar refractivity (Wildman–Crippen MR) is 92.7 cm³/mol. The maximum absolute atomic E-state index is 12.8. The van der Waals surface area contributed by atoms with Gasteiger partial charge in [-0.3, -0.25) is 9.69 Å². The molecule has 2 heterocycles. The number of likely N-dealkylation sites (tertiary alicyclic amines) is 1. The number of amides is 1. The number of hydrogen-bond donors (Lipinski definition) is 1. The molecule has 2 unspecified atom stereocenters. The Bertz CT molecular complexity index is 559. The molecular formula is C19H28N2O3. The molecule has 2 fully saturated rings. The molecule has 0 bridgehead atoms. The Labute approximate surface area is 144 Å². The Morgan fingerprint density at radius 1 is 1.21 bits per heavy atom. The highest BCUT2D eigenvalue weighted by Crippen LogP contribution is 2.23. The summed E-state index contributed by atoms with van der Waals surface area (Å²) in [7, 11) is 0. The van der Waals surface area contributed by atoms with E-state index in [2.05, 4.69) is 4.90 Å². The minimum Gasteiger partial charge on any atom is -0.508 e. The van der Waals surface area contributed by atoms with Gasteiger partial charge in [-0.25, -0.2) is 0 Å². The number of carbonyl (C=O) groups excluding carboxylic acids is 1. The van der Waals surface area contributed by atoms with E-state index in [-0.39, 0.29) is 18.1 Å². The number of morpholine rings is 1. The van der Waals surface area contributed by atoms with Gasteiger partial charge in [0.1, 0.15) is 5.75 Å². The zero-order chi connectivity index (χ0) is 17.1. The topological polar surface area (TPSA) is 53.0 Å². The van der Waals surface area contributed by atoms with E-state index in [1.807, 2.05) is 36.9 Å². The molecule has 1 aromatic rings. The summed E-state index contributed by atoms with van der Waals surface area (Å²) in [4.78, 5) is 17.1. The average molecular weight is 332 g/mol.